The van der Waals surface area contributed by atoms with E-state index in [4.69, 9.17) is 0 Å². The van der Waals surface area contributed by atoms with Crippen LogP contribution in [-0.4, -0.2) is 25.2 Å². The third-order valence-corrected chi connectivity index (χ3v) is 3.82. The van der Waals surface area contributed by atoms with Crippen LogP contribution in [0.5, 0.6) is 0 Å². The van der Waals surface area contributed by atoms with Crippen molar-refractivity contribution < 1.29 is 14.3 Å². The zero-order chi connectivity index (χ0) is 13.3. The van der Waals surface area contributed by atoms with Gasteiger partial charge in [-0.05, 0) is 25.0 Å². The first-order valence-corrected chi connectivity index (χ1v) is 6.19. The molecule has 0 aromatic heterocycles. The number of carboxylic acid groups (broad SMARTS) is 1. The summed E-state index contributed by atoms with van der Waals surface area (Å²) >= 11 is 0. The molecule has 1 aliphatic rings. The predicted molar refractivity (Wildman–Crippen MR) is 68.5 cm³/mol. The minimum Gasteiger partial charge on any atom is -0.481 e. The number of anilines is 1. The molecule has 0 atom stereocenters. The molecule has 0 unspecified atom stereocenters. The van der Waals surface area contributed by atoms with Crippen LogP contribution in [-0.2, 0) is 10.2 Å². The fourth-order valence-corrected chi connectivity index (χ4v) is 2.91. The van der Waals surface area contributed by atoms with Gasteiger partial charge in [-0.1, -0.05) is 18.9 Å². The van der Waals surface area contributed by atoms with E-state index in [0.717, 1.165) is 12.8 Å². The van der Waals surface area contributed by atoms with Gasteiger partial charge in [0, 0.05) is 25.3 Å². The van der Waals surface area contributed by atoms with Gasteiger partial charge in [-0.15, -0.1) is 0 Å². The van der Waals surface area contributed by atoms with Crippen LogP contribution in [0.1, 0.15) is 31.2 Å². The molecule has 0 heterocycles. The first-order valence-electron chi connectivity index (χ1n) is 6.19. The van der Waals surface area contributed by atoms with E-state index >= 15 is 0 Å². The molecule has 1 fully saturated rings. The van der Waals surface area contributed by atoms with Gasteiger partial charge in [0.1, 0.15) is 5.82 Å². The number of hydrogen-bond acceptors (Lipinski definition) is 2. The van der Waals surface area contributed by atoms with Gasteiger partial charge in [0.25, 0.3) is 0 Å². The number of aliphatic carboxylic acids is 1. The summed E-state index contributed by atoms with van der Waals surface area (Å²) < 4.78 is 14.2. The maximum absolute atomic E-state index is 14.2. The van der Waals surface area contributed by atoms with Crippen LogP contribution in [0.4, 0.5) is 10.1 Å². The van der Waals surface area contributed by atoms with E-state index < -0.39 is 17.2 Å². The van der Waals surface area contributed by atoms with Crippen LogP contribution in [0.15, 0.2) is 18.2 Å². The molecule has 0 spiro atoms. The van der Waals surface area contributed by atoms with E-state index in [1.165, 1.54) is 6.07 Å². The van der Waals surface area contributed by atoms with Gasteiger partial charge in [0.15, 0.2) is 0 Å². The Labute approximate surface area is 106 Å². The second-order valence-corrected chi connectivity index (χ2v) is 5.12. The average molecular weight is 251 g/mol. The van der Waals surface area contributed by atoms with Crippen LogP contribution in [0.3, 0.4) is 0 Å². The first-order chi connectivity index (χ1) is 8.49. The number of benzene rings is 1. The van der Waals surface area contributed by atoms with Crippen LogP contribution in [0.2, 0.25) is 0 Å². The van der Waals surface area contributed by atoms with Crippen molar-refractivity contribution in [2.45, 2.75) is 31.1 Å². The molecule has 0 aliphatic heterocycles. The lowest BCUT2D eigenvalue weighted by molar-refractivity contribution is -0.143. The highest BCUT2D eigenvalue weighted by Crippen LogP contribution is 2.45. The van der Waals surface area contributed by atoms with Crippen molar-refractivity contribution in [2.24, 2.45) is 0 Å². The Morgan fingerprint density at radius 1 is 1.33 bits per heavy atom. The molecule has 1 aromatic carbocycles. The number of carbonyl (C=O) groups is 1. The van der Waals surface area contributed by atoms with Gasteiger partial charge in [0.05, 0.1) is 5.41 Å². The van der Waals surface area contributed by atoms with Crippen molar-refractivity contribution in [3.05, 3.63) is 29.6 Å². The van der Waals surface area contributed by atoms with E-state index in [-0.39, 0.29) is 0 Å². The Kier molecular flexibility index (Phi) is 3.28. The standard InChI is InChI=1S/C14H18FNO2/c1-16(2)11-7-5-6-10(15)12(11)14(13(17)18)8-3-4-9-14/h5-7H,3-4,8-9H2,1-2H3,(H,17,18). The van der Waals surface area contributed by atoms with Crippen molar-refractivity contribution in [1.29, 1.82) is 0 Å². The maximum Gasteiger partial charge on any atom is 0.314 e. The van der Waals surface area contributed by atoms with Crippen molar-refractivity contribution in [3.63, 3.8) is 0 Å². The van der Waals surface area contributed by atoms with Gasteiger partial charge in [-0.2, -0.15) is 0 Å². The lowest BCUT2D eigenvalue weighted by Crippen LogP contribution is -2.35. The molecule has 1 aromatic rings. The molecule has 0 saturated heterocycles. The van der Waals surface area contributed by atoms with Crippen molar-refractivity contribution in [1.82, 2.24) is 0 Å². The minimum atomic E-state index is -1.05. The lowest BCUT2D eigenvalue weighted by atomic mass is 9.77. The fraction of sp³-hybridized carbons (Fsp3) is 0.500. The summed E-state index contributed by atoms with van der Waals surface area (Å²) in [5, 5.41) is 9.56. The summed E-state index contributed by atoms with van der Waals surface area (Å²) in [5.41, 5.74) is -0.0374. The lowest BCUT2D eigenvalue weighted by Gasteiger charge is -2.29. The summed E-state index contributed by atoms with van der Waals surface area (Å²) in [7, 11) is 3.62. The highest BCUT2D eigenvalue weighted by molar-refractivity contribution is 5.84. The summed E-state index contributed by atoms with van der Waals surface area (Å²) in [4.78, 5) is 13.4. The number of hydrogen-bond donors (Lipinski definition) is 1. The van der Waals surface area contributed by atoms with Crippen LogP contribution in [0, 0.1) is 5.82 Å². The molecule has 3 nitrogen and oxygen atoms in total. The van der Waals surface area contributed by atoms with Gasteiger partial charge in [0.2, 0.25) is 0 Å². The SMILES string of the molecule is CN(C)c1cccc(F)c1C1(C(=O)O)CCCC1. The summed E-state index contributed by atoms with van der Waals surface area (Å²) in [6, 6.07) is 4.76. The second-order valence-electron chi connectivity index (χ2n) is 5.12. The molecule has 0 amide bonds. The number of halogens is 1. The van der Waals surface area contributed by atoms with E-state index in [1.807, 2.05) is 14.1 Å². The van der Waals surface area contributed by atoms with Crippen molar-refractivity contribution in [3.8, 4) is 0 Å². The van der Waals surface area contributed by atoms with E-state index in [9.17, 15) is 14.3 Å². The molecule has 4 heteroatoms. The van der Waals surface area contributed by atoms with Crippen LogP contribution in [0.25, 0.3) is 0 Å². The van der Waals surface area contributed by atoms with E-state index in [0.29, 0.717) is 24.1 Å². The predicted octanol–water partition coefficient (Wildman–Crippen LogP) is 2.79. The summed E-state index contributed by atoms with van der Waals surface area (Å²) in [5.74, 6) is -1.32. The normalized spacial score (nSPS) is 17.7. The molecule has 1 N–H and O–H groups in total. The molecular formula is C14H18FNO2. The third-order valence-electron chi connectivity index (χ3n) is 3.82. The largest absolute Gasteiger partial charge is 0.481 e. The monoisotopic (exact) mass is 251 g/mol. The molecule has 0 radical (unpaired) electrons. The Bertz CT molecular complexity index is 465. The molecule has 18 heavy (non-hydrogen) atoms. The zero-order valence-corrected chi connectivity index (χ0v) is 10.7. The second kappa shape index (κ2) is 4.59. The van der Waals surface area contributed by atoms with Crippen LogP contribution < -0.4 is 4.90 Å². The highest BCUT2D eigenvalue weighted by atomic mass is 19.1. The van der Waals surface area contributed by atoms with Crippen molar-refractivity contribution in [2.75, 3.05) is 19.0 Å². The molecule has 1 saturated carbocycles. The summed E-state index contributed by atoms with van der Waals surface area (Å²) in [6.07, 6.45) is 2.72. The molecule has 0 bridgehead atoms. The number of rotatable bonds is 3. The molecule has 2 rings (SSSR count). The average Bonchev–Trinajstić information content (AvgIpc) is 2.78. The van der Waals surface area contributed by atoms with Gasteiger partial charge in [-0.3, -0.25) is 4.79 Å². The topological polar surface area (TPSA) is 40.5 Å². The van der Waals surface area contributed by atoms with Crippen molar-refractivity contribution >= 4 is 11.7 Å². The molecular weight excluding hydrogens is 233 g/mol. The first kappa shape index (κ1) is 12.9. The molecule has 1 aliphatic carbocycles. The number of carboxylic acids is 1. The Balaban J connectivity index is 2.64. The summed E-state index contributed by atoms with van der Waals surface area (Å²) in [6.45, 7) is 0. The Hall–Kier alpha value is -1.58. The van der Waals surface area contributed by atoms with E-state index in [1.54, 1.807) is 17.0 Å². The Morgan fingerprint density at radius 2 is 1.94 bits per heavy atom. The van der Waals surface area contributed by atoms with Gasteiger partial charge >= 0.3 is 5.97 Å². The quantitative estimate of drug-likeness (QED) is 0.898. The molecule has 98 valence electrons. The highest BCUT2D eigenvalue weighted by Gasteiger charge is 2.46. The van der Waals surface area contributed by atoms with Crippen LogP contribution >= 0.6 is 0 Å². The van der Waals surface area contributed by atoms with Gasteiger partial charge in [-0.25, -0.2) is 4.39 Å². The smallest absolute Gasteiger partial charge is 0.314 e. The van der Waals surface area contributed by atoms with Gasteiger partial charge < -0.3 is 10.0 Å². The fourth-order valence-electron chi connectivity index (χ4n) is 2.91. The maximum atomic E-state index is 14.2. The van der Waals surface area contributed by atoms with E-state index in [2.05, 4.69) is 0 Å². The Morgan fingerprint density at radius 3 is 2.44 bits per heavy atom. The number of nitrogens with zero attached hydrogens (tertiary/aromatic N) is 1. The third kappa shape index (κ3) is 1.85. The minimum absolute atomic E-state index is 0.347. The zero-order valence-electron chi connectivity index (χ0n) is 10.7.